The van der Waals surface area contributed by atoms with E-state index in [-0.39, 0.29) is 17.0 Å². The molecule has 4 rings (SSSR count). The van der Waals surface area contributed by atoms with Crippen LogP contribution in [0.25, 0.3) is 11.2 Å². The van der Waals surface area contributed by atoms with Crippen LogP contribution >= 0.6 is 0 Å². The van der Waals surface area contributed by atoms with Crippen molar-refractivity contribution in [3.05, 3.63) is 48.5 Å². The molecule has 3 heterocycles. The number of nitrogens with zero attached hydrogens (tertiary/aromatic N) is 4. The molecule has 3 aromatic rings. The molecule has 0 aliphatic carbocycles. The number of hydrogen-bond donors (Lipinski definition) is 5. The van der Waals surface area contributed by atoms with E-state index in [0.29, 0.717) is 13.1 Å². The molecule has 5 N–H and O–H groups in total. The Hall–Kier alpha value is -3.61. The summed E-state index contributed by atoms with van der Waals surface area (Å²) in [6.07, 6.45) is -2.58. The predicted octanol–water partition coefficient (Wildman–Crippen LogP) is -0.0967. The van der Waals surface area contributed by atoms with Crippen LogP contribution in [-0.4, -0.2) is 66.5 Å². The molecule has 0 unspecified atom stereocenters. The molecule has 32 heavy (non-hydrogen) atoms. The first-order chi connectivity index (χ1) is 15.5. The number of benzene rings is 1. The third-order valence-corrected chi connectivity index (χ3v) is 5.01. The number of hydrogen-bond acceptors (Lipinski definition) is 8. The van der Waals surface area contributed by atoms with Crippen LogP contribution in [0.5, 0.6) is 0 Å². The van der Waals surface area contributed by atoms with Crippen LogP contribution in [0.15, 0.2) is 43.0 Å². The number of aromatic nitrogens is 4. The van der Waals surface area contributed by atoms with Gasteiger partial charge in [0.05, 0.1) is 6.33 Å². The Bertz CT molecular complexity index is 1110. The van der Waals surface area contributed by atoms with Crippen molar-refractivity contribution in [3.63, 3.8) is 0 Å². The zero-order chi connectivity index (χ0) is 22.7. The van der Waals surface area contributed by atoms with E-state index in [9.17, 15) is 19.8 Å². The monoisotopic (exact) mass is 441 g/mol. The molecule has 0 bridgehead atoms. The van der Waals surface area contributed by atoms with Crippen molar-refractivity contribution < 1.29 is 24.5 Å². The first-order valence-electron chi connectivity index (χ1n) is 10.0. The molecule has 3 amide bonds. The molecule has 4 atom stereocenters. The third-order valence-electron chi connectivity index (χ3n) is 5.01. The Balaban J connectivity index is 1.51. The number of amides is 3. The highest BCUT2D eigenvalue weighted by molar-refractivity contribution is 5.95. The molecule has 1 fully saturated rings. The van der Waals surface area contributed by atoms with Gasteiger partial charge in [0.15, 0.2) is 29.3 Å². The number of carbonyl (C=O) groups is 2. The number of aliphatic hydroxyl groups excluding tert-OH is 2. The average Bonchev–Trinajstić information content (AvgIpc) is 3.35. The standard InChI is InChI=1S/C20H23N7O5/c1-2-21-18(30)15-13(28)14(29)19(32-15)27-10-25-12-16(23-9-24-17(12)27)26-20(31)22-8-11-6-4-3-5-7-11/h3-7,9-10,13-15,19,28-29H,2,8H2,1H3,(H,21,30)(H2,22,23,24,26,31)/t13-,14+,15+,19-/m1/s1. The van der Waals surface area contributed by atoms with Crippen molar-refractivity contribution >= 4 is 28.9 Å². The van der Waals surface area contributed by atoms with Gasteiger partial charge in [-0.25, -0.2) is 19.7 Å². The van der Waals surface area contributed by atoms with Crippen LogP contribution < -0.4 is 16.0 Å². The summed E-state index contributed by atoms with van der Waals surface area (Å²) in [5.41, 5.74) is 1.45. The number of ether oxygens (including phenoxy) is 1. The van der Waals surface area contributed by atoms with Crippen LogP contribution in [0.3, 0.4) is 0 Å². The number of fused-ring (bicyclic) bond motifs is 1. The van der Waals surface area contributed by atoms with Crippen LogP contribution in [0.4, 0.5) is 10.6 Å². The van der Waals surface area contributed by atoms with Gasteiger partial charge in [0, 0.05) is 13.1 Å². The summed E-state index contributed by atoms with van der Waals surface area (Å²) in [4.78, 5) is 36.9. The maximum Gasteiger partial charge on any atom is 0.320 e. The fraction of sp³-hybridized carbons (Fsp3) is 0.350. The van der Waals surface area contributed by atoms with Gasteiger partial charge in [0.25, 0.3) is 5.91 Å². The quantitative estimate of drug-likeness (QED) is 0.354. The van der Waals surface area contributed by atoms with Gasteiger partial charge in [-0.3, -0.25) is 14.7 Å². The lowest BCUT2D eigenvalue weighted by Crippen LogP contribution is -2.42. The van der Waals surface area contributed by atoms with Crippen molar-refractivity contribution in [2.75, 3.05) is 11.9 Å². The number of rotatable bonds is 6. The van der Waals surface area contributed by atoms with Gasteiger partial charge in [0.1, 0.15) is 18.5 Å². The third kappa shape index (κ3) is 4.23. The Labute approximate surface area is 182 Å². The van der Waals surface area contributed by atoms with Crippen molar-refractivity contribution in [2.24, 2.45) is 0 Å². The number of anilines is 1. The number of aliphatic hydroxyl groups is 2. The molecule has 0 saturated carbocycles. The molecule has 2 aromatic heterocycles. The summed E-state index contributed by atoms with van der Waals surface area (Å²) in [6, 6.07) is 8.94. The Morgan fingerprint density at radius 3 is 2.62 bits per heavy atom. The van der Waals surface area contributed by atoms with Crippen molar-refractivity contribution in [2.45, 2.75) is 38.0 Å². The smallest absolute Gasteiger partial charge is 0.320 e. The Kier molecular flexibility index (Phi) is 6.25. The van der Waals surface area contributed by atoms with E-state index < -0.39 is 36.5 Å². The van der Waals surface area contributed by atoms with Crippen LogP contribution in [0, 0.1) is 0 Å². The van der Waals surface area contributed by atoms with Gasteiger partial charge in [-0.1, -0.05) is 30.3 Å². The molecule has 168 valence electrons. The molecule has 1 saturated heterocycles. The summed E-state index contributed by atoms with van der Waals surface area (Å²) < 4.78 is 7.00. The van der Waals surface area contributed by atoms with E-state index in [0.717, 1.165) is 5.56 Å². The van der Waals surface area contributed by atoms with E-state index in [4.69, 9.17) is 4.74 Å². The zero-order valence-electron chi connectivity index (χ0n) is 17.2. The summed E-state index contributed by atoms with van der Waals surface area (Å²) in [5, 5.41) is 28.6. The average molecular weight is 441 g/mol. The predicted molar refractivity (Wildman–Crippen MR) is 112 cm³/mol. The summed E-state index contributed by atoms with van der Waals surface area (Å²) >= 11 is 0. The van der Waals surface area contributed by atoms with E-state index in [2.05, 4.69) is 30.9 Å². The fourth-order valence-corrected chi connectivity index (χ4v) is 3.44. The van der Waals surface area contributed by atoms with Crippen LogP contribution in [0.2, 0.25) is 0 Å². The van der Waals surface area contributed by atoms with Gasteiger partial charge in [0.2, 0.25) is 0 Å². The second kappa shape index (κ2) is 9.26. The SMILES string of the molecule is CCNC(=O)[C@H]1O[C@@H](n2cnc3c(NC(=O)NCc4ccccc4)ncnc32)[C@@H](O)[C@H]1O. The molecule has 0 spiro atoms. The zero-order valence-corrected chi connectivity index (χ0v) is 17.2. The molecular weight excluding hydrogens is 418 g/mol. The normalized spacial score (nSPS) is 22.6. The number of carbonyl (C=O) groups excluding carboxylic acids is 2. The largest absolute Gasteiger partial charge is 0.387 e. The molecule has 0 radical (unpaired) electrons. The van der Waals surface area contributed by atoms with E-state index >= 15 is 0 Å². The summed E-state index contributed by atoms with van der Waals surface area (Å²) in [5.74, 6) is -0.370. The second-order valence-electron chi connectivity index (χ2n) is 7.16. The topological polar surface area (TPSA) is 164 Å². The molecule has 1 aromatic carbocycles. The molecule has 12 heteroatoms. The van der Waals surface area contributed by atoms with Gasteiger partial charge < -0.3 is 25.6 Å². The van der Waals surface area contributed by atoms with E-state index in [1.165, 1.54) is 17.2 Å². The first-order valence-corrected chi connectivity index (χ1v) is 10.0. The maximum atomic E-state index is 12.3. The molecular formula is C20H23N7O5. The Morgan fingerprint density at radius 2 is 1.88 bits per heavy atom. The number of likely N-dealkylation sites (N-methyl/N-ethyl adjacent to an activating group) is 1. The second-order valence-corrected chi connectivity index (χ2v) is 7.16. The number of imidazole rings is 1. The Morgan fingerprint density at radius 1 is 1.09 bits per heavy atom. The summed E-state index contributed by atoms with van der Waals surface area (Å²) in [6.45, 7) is 2.42. The number of urea groups is 1. The maximum absolute atomic E-state index is 12.3. The highest BCUT2D eigenvalue weighted by Gasteiger charge is 2.47. The lowest BCUT2D eigenvalue weighted by Gasteiger charge is -2.16. The van der Waals surface area contributed by atoms with Crippen LogP contribution in [0.1, 0.15) is 18.7 Å². The summed E-state index contributed by atoms with van der Waals surface area (Å²) in [7, 11) is 0. The highest BCUT2D eigenvalue weighted by atomic mass is 16.6. The highest BCUT2D eigenvalue weighted by Crippen LogP contribution is 2.32. The molecule has 12 nitrogen and oxygen atoms in total. The van der Waals surface area contributed by atoms with Crippen molar-refractivity contribution in [1.29, 1.82) is 0 Å². The van der Waals surface area contributed by atoms with Gasteiger partial charge >= 0.3 is 6.03 Å². The van der Waals surface area contributed by atoms with Gasteiger partial charge in [-0.2, -0.15) is 0 Å². The fourth-order valence-electron chi connectivity index (χ4n) is 3.44. The molecule has 1 aliphatic rings. The molecule has 1 aliphatic heterocycles. The lowest BCUT2D eigenvalue weighted by molar-refractivity contribution is -0.137. The van der Waals surface area contributed by atoms with Gasteiger partial charge in [-0.15, -0.1) is 0 Å². The lowest BCUT2D eigenvalue weighted by atomic mass is 10.1. The first kappa shape index (κ1) is 21.6. The minimum Gasteiger partial charge on any atom is -0.387 e. The van der Waals surface area contributed by atoms with Crippen LogP contribution in [-0.2, 0) is 16.1 Å². The van der Waals surface area contributed by atoms with Crippen molar-refractivity contribution in [1.82, 2.24) is 30.2 Å². The number of nitrogens with one attached hydrogen (secondary N) is 3. The van der Waals surface area contributed by atoms with Crippen molar-refractivity contribution in [3.8, 4) is 0 Å². The minimum absolute atomic E-state index is 0.160. The van der Waals surface area contributed by atoms with E-state index in [1.54, 1.807) is 6.92 Å². The van der Waals surface area contributed by atoms with E-state index in [1.807, 2.05) is 30.3 Å². The minimum atomic E-state index is -1.42. The van der Waals surface area contributed by atoms with Gasteiger partial charge in [-0.05, 0) is 12.5 Å².